The van der Waals surface area contributed by atoms with Gasteiger partial charge in [-0.05, 0) is 38.1 Å². The fraction of sp³-hybridized carbons (Fsp3) is 0.474. The lowest BCUT2D eigenvalue weighted by Crippen LogP contribution is -2.51. The summed E-state index contributed by atoms with van der Waals surface area (Å²) < 4.78 is 10.4. The molecule has 0 fully saturated rings. The summed E-state index contributed by atoms with van der Waals surface area (Å²) >= 11 is 0. The lowest BCUT2D eigenvalue weighted by molar-refractivity contribution is -0.139. The maximum atomic E-state index is 12.4. The third-order valence-corrected chi connectivity index (χ3v) is 4.16. The number of urea groups is 1. The van der Waals surface area contributed by atoms with Crippen LogP contribution in [0.1, 0.15) is 25.8 Å². The number of esters is 1. The Morgan fingerprint density at radius 2 is 2.04 bits per heavy atom. The molecule has 1 aliphatic heterocycles. The smallest absolute Gasteiger partial charge is 0.337 e. The van der Waals surface area contributed by atoms with Crippen molar-refractivity contribution in [2.45, 2.75) is 32.9 Å². The van der Waals surface area contributed by atoms with Crippen LogP contribution >= 0.6 is 0 Å². The molecule has 1 aromatic rings. The van der Waals surface area contributed by atoms with Crippen LogP contribution in [0.15, 0.2) is 35.5 Å². The minimum atomic E-state index is -0.392. The van der Waals surface area contributed by atoms with Crippen molar-refractivity contribution in [1.82, 2.24) is 15.5 Å². The quantitative estimate of drug-likeness (QED) is 0.693. The van der Waals surface area contributed by atoms with Gasteiger partial charge in [0.05, 0.1) is 25.3 Å². The van der Waals surface area contributed by atoms with Crippen molar-refractivity contribution in [2.75, 3.05) is 27.3 Å². The van der Waals surface area contributed by atoms with Gasteiger partial charge in [0.2, 0.25) is 0 Å². The number of carbonyl (C=O) groups excluding carboxylic acids is 2. The minimum absolute atomic E-state index is 0.291. The highest BCUT2D eigenvalue weighted by Crippen LogP contribution is 2.19. The average molecular weight is 361 g/mol. The number of benzene rings is 1. The maximum absolute atomic E-state index is 12.4. The zero-order valence-electron chi connectivity index (χ0n) is 15.8. The number of amides is 2. The number of hydrogen-bond donors (Lipinski definition) is 2. The SMILES string of the molecule is CCOC(=O)C1=C(CN(C)Cc2cccc(OC)c2)NC(=O)N[C@@H]1CC. The first-order chi connectivity index (χ1) is 12.5. The number of carbonyl (C=O) groups is 2. The number of methoxy groups -OCH3 is 1. The van der Waals surface area contributed by atoms with E-state index < -0.39 is 5.97 Å². The molecule has 0 unspecified atom stereocenters. The molecule has 2 rings (SSSR count). The van der Waals surface area contributed by atoms with Gasteiger partial charge in [-0.1, -0.05) is 19.1 Å². The third-order valence-electron chi connectivity index (χ3n) is 4.16. The summed E-state index contributed by atoms with van der Waals surface area (Å²) in [5.41, 5.74) is 2.16. The highest BCUT2D eigenvalue weighted by Gasteiger charge is 2.31. The van der Waals surface area contributed by atoms with Crippen molar-refractivity contribution < 1.29 is 19.1 Å². The molecule has 1 atom stereocenters. The summed E-state index contributed by atoms with van der Waals surface area (Å²) in [5, 5.41) is 5.55. The van der Waals surface area contributed by atoms with E-state index in [0.717, 1.165) is 11.3 Å². The van der Waals surface area contributed by atoms with Crippen LogP contribution < -0.4 is 15.4 Å². The van der Waals surface area contributed by atoms with Crippen molar-refractivity contribution in [3.63, 3.8) is 0 Å². The first-order valence-electron chi connectivity index (χ1n) is 8.77. The van der Waals surface area contributed by atoms with Crippen molar-refractivity contribution >= 4 is 12.0 Å². The Balaban J connectivity index is 2.20. The van der Waals surface area contributed by atoms with Crippen molar-refractivity contribution in [3.8, 4) is 5.75 Å². The van der Waals surface area contributed by atoms with Gasteiger partial charge in [-0.2, -0.15) is 0 Å². The fourth-order valence-corrected chi connectivity index (χ4v) is 2.99. The second kappa shape index (κ2) is 9.24. The van der Waals surface area contributed by atoms with E-state index in [1.807, 2.05) is 43.1 Å². The molecule has 26 heavy (non-hydrogen) atoms. The Kier molecular flexibility index (Phi) is 7.03. The number of nitrogens with one attached hydrogen (secondary N) is 2. The van der Waals surface area contributed by atoms with E-state index in [0.29, 0.717) is 37.4 Å². The number of nitrogens with zero attached hydrogens (tertiary/aromatic N) is 1. The summed E-state index contributed by atoms with van der Waals surface area (Å²) in [6.07, 6.45) is 0.616. The van der Waals surface area contributed by atoms with Crippen LogP contribution in [-0.2, 0) is 16.1 Å². The normalized spacial score (nSPS) is 17.0. The Labute approximate surface area is 154 Å². The second-order valence-corrected chi connectivity index (χ2v) is 6.20. The van der Waals surface area contributed by atoms with Crippen LogP contribution in [-0.4, -0.2) is 50.3 Å². The molecule has 0 radical (unpaired) electrons. The highest BCUT2D eigenvalue weighted by atomic mass is 16.5. The van der Waals surface area contributed by atoms with Crippen molar-refractivity contribution in [2.24, 2.45) is 0 Å². The first kappa shape index (κ1) is 19.8. The molecule has 7 heteroatoms. The van der Waals surface area contributed by atoms with Crippen LogP contribution in [0.25, 0.3) is 0 Å². The van der Waals surface area contributed by atoms with E-state index in [-0.39, 0.29) is 12.1 Å². The summed E-state index contributed by atoms with van der Waals surface area (Å²) in [4.78, 5) is 26.4. The van der Waals surface area contributed by atoms with Crippen molar-refractivity contribution in [3.05, 3.63) is 41.1 Å². The fourth-order valence-electron chi connectivity index (χ4n) is 2.99. The summed E-state index contributed by atoms with van der Waals surface area (Å²) in [5.74, 6) is 0.403. The molecule has 0 saturated heterocycles. The average Bonchev–Trinajstić information content (AvgIpc) is 2.61. The van der Waals surface area contributed by atoms with E-state index in [9.17, 15) is 9.59 Å². The Morgan fingerprint density at radius 3 is 2.69 bits per heavy atom. The lowest BCUT2D eigenvalue weighted by atomic mass is 10.00. The lowest BCUT2D eigenvalue weighted by Gasteiger charge is -2.30. The van der Waals surface area contributed by atoms with Gasteiger partial charge in [-0.15, -0.1) is 0 Å². The molecule has 0 bridgehead atoms. The molecule has 1 aliphatic rings. The Hall–Kier alpha value is -2.54. The van der Waals surface area contributed by atoms with Crippen LogP contribution in [0.4, 0.5) is 4.79 Å². The van der Waals surface area contributed by atoms with Crippen LogP contribution in [0, 0.1) is 0 Å². The third kappa shape index (κ3) is 4.98. The van der Waals surface area contributed by atoms with E-state index in [1.165, 1.54) is 0 Å². The zero-order chi connectivity index (χ0) is 19.1. The van der Waals surface area contributed by atoms with Gasteiger partial charge < -0.3 is 20.1 Å². The molecule has 2 amide bonds. The standard InChI is InChI=1S/C19H27N3O4/c1-5-15-17(18(23)26-6-2)16(21-19(24)20-15)12-22(3)11-13-8-7-9-14(10-13)25-4/h7-10,15H,5-6,11-12H2,1-4H3,(H2,20,21,24)/t15-/m1/s1. The van der Waals surface area contributed by atoms with Crippen molar-refractivity contribution in [1.29, 1.82) is 0 Å². The molecule has 1 heterocycles. The Bertz CT molecular complexity index is 687. The minimum Gasteiger partial charge on any atom is -0.497 e. The molecule has 0 saturated carbocycles. The summed E-state index contributed by atoms with van der Waals surface area (Å²) in [7, 11) is 3.57. The number of rotatable bonds is 8. The van der Waals surface area contributed by atoms with Gasteiger partial charge in [0.15, 0.2) is 0 Å². The molecule has 0 aromatic heterocycles. The number of hydrogen-bond acceptors (Lipinski definition) is 5. The van der Waals surface area contributed by atoms with E-state index in [2.05, 4.69) is 10.6 Å². The molecular weight excluding hydrogens is 334 g/mol. The van der Waals surface area contributed by atoms with Crippen LogP contribution in [0.5, 0.6) is 5.75 Å². The summed E-state index contributed by atoms with van der Waals surface area (Å²) in [6, 6.07) is 7.16. The summed E-state index contributed by atoms with van der Waals surface area (Å²) in [6.45, 7) is 5.06. The predicted octanol–water partition coefficient (Wildman–Crippen LogP) is 2.04. The van der Waals surface area contributed by atoms with Gasteiger partial charge in [-0.25, -0.2) is 9.59 Å². The predicted molar refractivity (Wildman–Crippen MR) is 98.7 cm³/mol. The molecule has 1 aromatic carbocycles. The first-order valence-corrected chi connectivity index (χ1v) is 8.77. The maximum Gasteiger partial charge on any atom is 0.337 e. The zero-order valence-corrected chi connectivity index (χ0v) is 15.8. The van der Waals surface area contributed by atoms with Crippen LogP contribution in [0.2, 0.25) is 0 Å². The second-order valence-electron chi connectivity index (χ2n) is 6.20. The molecule has 0 spiro atoms. The van der Waals surface area contributed by atoms with Gasteiger partial charge in [-0.3, -0.25) is 4.90 Å². The number of ether oxygens (including phenoxy) is 2. The van der Waals surface area contributed by atoms with Gasteiger partial charge >= 0.3 is 12.0 Å². The molecule has 142 valence electrons. The molecule has 7 nitrogen and oxygen atoms in total. The molecule has 0 aliphatic carbocycles. The van der Waals surface area contributed by atoms with Crippen LogP contribution in [0.3, 0.4) is 0 Å². The molecular formula is C19H27N3O4. The number of likely N-dealkylation sites (N-methyl/N-ethyl adjacent to an activating group) is 1. The van der Waals surface area contributed by atoms with Gasteiger partial charge in [0.25, 0.3) is 0 Å². The monoisotopic (exact) mass is 361 g/mol. The van der Waals surface area contributed by atoms with E-state index in [4.69, 9.17) is 9.47 Å². The highest BCUT2D eigenvalue weighted by molar-refractivity contribution is 5.94. The molecule has 2 N–H and O–H groups in total. The van der Waals surface area contributed by atoms with Gasteiger partial charge in [0.1, 0.15) is 5.75 Å². The van der Waals surface area contributed by atoms with E-state index >= 15 is 0 Å². The van der Waals surface area contributed by atoms with Gasteiger partial charge in [0, 0.05) is 18.8 Å². The van der Waals surface area contributed by atoms with E-state index in [1.54, 1.807) is 14.0 Å². The topological polar surface area (TPSA) is 79.9 Å². The Morgan fingerprint density at radius 1 is 1.27 bits per heavy atom. The largest absolute Gasteiger partial charge is 0.497 e.